The Morgan fingerprint density at radius 3 is 2.58 bits per heavy atom. The molecular formula is C30H27ClN4O4S. The number of aromatic carboxylic acids is 1. The molecule has 1 amide bonds. The Morgan fingerprint density at radius 1 is 1.12 bits per heavy atom. The van der Waals surface area contributed by atoms with Gasteiger partial charge in [-0.05, 0) is 79.3 Å². The van der Waals surface area contributed by atoms with Gasteiger partial charge in [-0.3, -0.25) is 9.78 Å². The van der Waals surface area contributed by atoms with Crippen molar-refractivity contribution in [3.8, 4) is 11.3 Å². The van der Waals surface area contributed by atoms with Crippen LogP contribution in [0.4, 0.5) is 11.4 Å². The van der Waals surface area contributed by atoms with Crippen LogP contribution in [0.5, 0.6) is 0 Å². The van der Waals surface area contributed by atoms with Crippen molar-refractivity contribution >= 4 is 52.2 Å². The van der Waals surface area contributed by atoms with Crippen LogP contribution in [-0.4, -0.2) is 27.1 Å². The van der Waals surface area contributed by atoms with E-state index in [0.717, 1.165) is 16.8 Å². The molecule has 10 heteroatoms. The molecule has 204 valence electrons. The van der Waals surface area contributed by atoms with Crippen molar-refractivity contribution in [1.29, 1.82) is 0 Å². The number of aromatic nitrogens is 1. The number of hydrogen-bond acceptors (Lipinski definition) is 5. The minimum atomic E-state index is -0.984. The highest BCUT2D eigenvalue weighted by Gasteiger charge is 2.42. The molecule has 0 radical (unpaired) electrons. The number of thiocarbonyl (C=S) groups is 1. The Morgan fingerprint density at radius 2 is 1.93 bits per heavy atom. The molecule has 2 atom stereocenters. The molecule has 0 unspecified atom stereocenters. The number of aryl methyl sites for hydroxylation is 1. The fraction of sp³-hybridized carbons (Fsp3) is 0.200. The zero-order valence-corrected chi connectivity index (χ0v) is 23.6. The molecule has 2 aromatic heterocycles. The van der Waals surface area contributed by atoms with E-state index in [1.54, 1.807) is 36.5 Å². The van der Waals surface area contributed by atoms with Crippen molar-refractivity contribution < 1.29 is 19.1 Å². The maximum absolute atomic E-state index is 12.2. The molecule has 1 saturated heterocycles. The number of amides is 1. The second-order valence-electron chi connectivity index (χ2n) is 9.84. The first-order valence-corrected chi connectivity index (χ1v) is 13.5. The van der Waals surface area contributed by atoms with Crippen molar-refractivity contribution in [3.63, 3.8) is 0 Å². The molecule has 1 fully saturated rings. The number of furan rings is 1. The number of carbonyl (C=O) groups is 2. The second kappa shape index (κ2) is 11.1. The zero-order chi connectivity index (χ0) is 28.6. The number of nitrogens with one attached hydrogen (secondary N) is 2. The minimum Gasteiger partial charge on any atom is -0.478 e. The predicted molar refractivity (Wildman–Crippen MR) is 159 cm³/mol. The lowest BCUT2D eigenvalue weighted by Gasteiger charge is -2.26. The SMILES string of the molecule is Cc1cc(C(=O)O)ccc1-c1ccc([C@H]2[C@H](c3ccccn3)NC(=S)N2c2ccc(NC(=O)C(C)C)c(Cl)c2)o1. The summed E-state index contributed by atoms with van der Waals surface area (Å²) in [5.74, 6) is -0.0648. The van der Waals surface area contributed by atoms with Crippen LogP contribution < -0.4 is 15.5 Å². The Kier molecular flexibility index (Phi) is 7.60. The summed E-state index contributed by atoms with van der Waals surface area (Å²) >= 11 is 12.4. The quantitative estimate of drug-likeness (QED) is 0.207. The zero-order valence-electron chi connectivity index (χ0n) is 22.0. The number of halogens is 1. The Hall–Kier alpha value is -4.21. The summed E-state index contributed by atoms with van der Waals surface area (Å²) in [6.07, 6.45) is 1.73. The lowest BCUT2D eigenvalue weighted by atomic mass is 10.0. The third-order valence-electron chi connectivity index (χ3n) is 6.77. The summed E-state index contributed by atoms with van der Waals surface area (Å²) in [6, 6.07) is 19.0. The topological polar surface area (TPSA) is 108 Å². The standard InChI is InChI=1S/C30H27ClN4O4S/c1-16(2)28(36)33-22-10-8-19(15-21(22)31)35-27(26(34-30(35)40)23-6-4-5-13-32-23)25-12-11-24(39-25)20-9-7-18(29(37)38)14-17(20)3/h4-16,26-27H,1-3H3,(H,33,36)(H,34,40)(H,37,38)/t26-,27-/m0/s1. The summed E-state index contributed by atoms with van der Waals surface area (Å²) < 4.78 is 6.41. The van der Waals surface area contributed by atoms with Crippen LogP contribution in [0.25, 0.3) is 11.3 Å². The average molecular weight is 575 g/mol. The molecule has 4 aromatic rings. The summed E-state index contributed by atoms with van der Waals surface area (Å²) in [4.78, 5) is 30.1. The van der Waals surface area contributed by atoms with Crippen LogP contribution in [-0.2, 0) is 4.79 Å². The smallest absolute Gasteiger partial charge is 0.335 e. The van der Waals surface area contributed by atoms with Gasteiger partial charge < -0.3 is 25.1 Å². The van der Waals surface area contributed by atoms with Crippen molar-refractivity contribution in [2.45, 2.75) is 32.9 Å². The van der Waals surface area contributed by atoms with E-state index in [4.69, 9.17) is 28.2 Å². The highest BCUT2D eigenvalue weighted by atomic mass is 35.5. The fourth-order valence-electron chi connectivity index (χ4n) is 4.68. The fourth-order valence-corrected chi connectivity index (χ4v) is 5.25. The number of rotatable bonds is 7. The van der Waals surface area contributed by atoms with Gasteiger partial charge >= 0.3 is 5.97 Å². The minimum absolute atomic E-state index is 0.129. The molecule has 5 rings (SSSR count). The number of pyridine rings is 1. The summed E-state index contributed by atoms with van der Waals surface area (Å²) in [5, 5.41) is 16.4. The largest absolute Gasteiger partial charge is 0.478 e. The van der Waals surface area contributed by atoms with Gasteiger partial charge in [-0.1, -0.05) is 37.6 Å². The van der Waals surface area contributed by atoms with Crippen molar-refractivity contribution in [2.24, 2.45) is 5.92 Å². The Labute approximate surface area is 242 Å². The van der Waals surface area contributed by atoms with E-state index in [9.17, 15) is 14.7 Å². The van der Waals surface area contributed by atoms with Gasteiger partial charge in [-0.15, -0.1) is 0 Å². The van der Waals surface area contributed by atoms with E-state index in [0.29, 0.717) is 33.0 Å². The number of carboxylic acid groups (broad SMARTS) is 1. The van der Waals surface area contributed by atoms with E-state index in [-0.39, 0.29) is 23.4 Å². The lowest BCUT2D eigenvalue weighted by Crippen LogP contribution is -2.29. The molecule has 3 heterocycles. The maximum atomic E-state index is 12.2. The van der Waals surface area contributed by atoms with E-state index < -0.39 is 12.0 Å². The number of anilines is 2. The van der Waals surface area contributed by atoms with Gasteiger partial charge in [0, 0.05) is 23.4 Å². The van der Waals surface area contributed by atoms with Crippen LogP contribution in [0, 0.1) is 12.8 Å². The van der Waals surface area contributed by atoms with Gasteiger partial charge in [0.1, 0.15) is 17.6 Å². The molecule has 40 heavy (non-hydrogen) atoms. The average Bonchev–Trinajstić information content (AvgIpc) is 3.54. The van der Waals surface area contributed by atoms with Crippen molar-refractivity contribution in [3.05, 3.63) is 101 Å². The first-order chi connectivity index (χ1) is 19.1. The number of carboxylic acids is 1. The van der Waals surface area contributed by atoms with Gasteiger partial charge in [-0.2, -0.15) is 0 Å². The first-order valence-electron chi connectivity index (χ1n) is 12.7. The molecule has 3 N–H and O–H groups in total. The summed E-state index contributed by atoms with van der Waals surface area (Å²) in [5.41, 5.74) is 3.80. The molecule has 1 aliphatic rings. The maximum Gasteiger partial charge on any atom is 0.335 e. The summed E-state index contributed by atoms with van der Waals surface area (Å²) in [7, 11) is 0. The van der Waals surface area contributed by atoms with E-state index in [1.807, 2.05) is 62.1 Å². The van der Waals surface area contributed by atoms with E-state index in [2.05, 4.69) is 15.6 Å². The molecule has 0 saturated carbocycles. The summed E-state index contributed by atoms with van der Waals surface area (Å²) in [6.45, 7) is 5.47. The molecule has 2 aromatic carbocycles. The number of benzene rings is 2. The van der Waals surface area contributed by atoms with E-state index >= 15 is 0 Å². The van der Waals surface area contributed by atoms with E-state index in [1.165, 1.54) is 0 Å². The number of hydrogen-bond donors (Lipinski definition) is 3. The molecule has 0 bridgehead atoms. The first kappa shape index (κ1) is 27.4. The van der Waals surface area contributed by atoms with Crippen LogP contribution >= 0.6 is 23.8 Å². The third-order valence-corrected chi connectivity index (χ3v) is 7.40. The third kappa shape index (κ3) is 5.30. The highest BCUT2D eigenvalue weighted by Crippen LogP contribution is 2.44. The highest BCUT2D eigenvalue weighted by molar-refractivity contribution is 7.80. The normalized spacial score (nSPS) is 16.7. The van der Waals surface area contributed by atoms with Gasteiger partial charge in [0.05, 0.1) is 28.0 Å². The van der Waals surface area contributed by atoms with Crippen LogP contribution in [0.3, 0.4) is 0 Å². The molecule has 0 aliphatic carbocycles. The second-order valence-corrected chi connectivity index (χ2v) is 10.6. The molecular weight excluding hydrogens is 548 g/mol. The van der Waals surface area contributed by atoms with Gasteiger partial charge in [0.2, 0.25) is 5.91 Å². The van der Waals surface area contributed by atoms with Crippen LogP contribution in [0.2, 0.25) is 5.02 Å². The van der Waals surface area contributed by atoms with Crippen LogP contribution in [0.15, 0.2) is 77.3 Å². The molecule has 8 nitrogen and oxygen atoms in total. The van der Waals surface area contributed by atoms with Gasteiger partial charge in [0.15, 0.2) is 5.11 Å². The monoisotopic (exact) mass is 574 g/mol. The predicted octanol–water partition coefficient (Wildman–Crippen LogP) is 6.77. The number of carbonyl (C=O) groups excluding carboxylic acids is 1. The number of nitrogens with zero attached hydrogens (tertiary/aromatic N) is 2. The molecule has 0 spiro atoms. The van der Waals surface area contributed by atoms with Gasteiger partial charge in [0.25, 0.3) is 0 Å². The molecule has 1 aliphatic heterocycles. The van der Waals surface area contributed by atoms with Crippen molar-refractivity contribution in [2.75, 3.05) is 10.2 Å². The Bertz CT molecular complexity index is 1600. The lowest BCUT2D eigenvalue weighted by molar-refractivity contribution is -0.118. The van der Waals surface area contributed by atoms with Gasteiger partial charge in [-0.25, -0.2) is 4.79 Å². The van der Waals surface area contributed by atoms with Crippen LogP contribution in [0.1, 0.15) is 53.3 Å². The Balaban J connectivity index is 1.55. The van der Waals surface area contributed by atoms with Crippen molar-refractivity contribution in [1.82, 2.24) is 10.3 Å².